The average molecular weight is 320 g/mol. The van der Waals surface area contributed by atoms with E-state index in [2.05, 4.69) is 20.4 Å². The third-order valence-electron chi connectivity index (χ3n) is 2.65. The Labute approximate surface area is 128 Å². The van der Waals surface area contributed by atoms with Crippen LogP contribution in [0.3, 0.4) is 0 Å². The maximum atomic E-state index is 11.8. The summed E-state index contributed by atoms with van der Waals surface area (Å²) in [5.74, 6) is 0.827. The summed E-state index contributed by atoms with van der Waals surface area (Å²) < 4.78 is 5.15. The normalized spacial score (nSPS) is 10.7. The van der Waals surface area contributed by atoms with Crippen molar-refractivity contribution in [3.05, 3.63) is 39.4 Å². The quantitative estimate of drug-likeness (QED) is 0.781. The van der Waals surface area contributed by atoms with E-state index in [0.29, 0.717) is 11.7 Å². The molecule has 0 aliphatic heterocycles. The van der Waals surface area contributed by atoms with E-state index in [-0.39, 0.29) is 18.9 Å². The molecule has 3 heterocycles. The number of nitrogens with zero attached hydrogens (tertiary/aromatic N) is 3. The summed E-state index contributed by atoms with van der Waals surface area (Å²) in [4.78, 5) is 21.2. The third-order valence-corrected chi connectivity index (χ3v) is 4.33. The van der Waals surface area contributed by atoms with Gasteiger partial charge in [0.25, 0.3) is 5.89 Å². The van der Waals surface area contributed by atoms with E-state index in [4.69, 9.17) is 4.52 Å². The van der Waals surface area contributed by atoms with Crippen molar-refractivity contribution in [2.45, 2.75) is 19.9 Å². The molecule has 3 aromatic rings. The van der Waals surface area contributed by atoms with Crippen LogP contribution in [0.4, 0.5) is 0 Å². The highest BCUT2D eigenvalue weighted by molar-refractivity contribution is 7.13. The molecule has 0 atom stereocenters. The van der Waals surface area contributed by atoms with E-state index in [9.17, 15) is 4.79 Å². The molecule has 1 N–H and O–H groups in total. The molecule has 0 bridgehead atoms. The molecule has 0 aliphatic rings. The van der Waals surface area contributed by atoms with Gasteiger partial charge < -0.3 is 9.84 Å². The number of amides is 1. The van der Waals surface area contributed by atoms with Crippen LogP contribution in [0.25, 0.3) is 10.8 Å². The zero-order valence-corrected chi connectivity index (χ0v) is 12.8. The Morgan fingerprint density at radius 2 is 2.29 bits per heavy atom. The van der Waals surface area contributed by atoms with E-state index >= 15 is 0 Å². The number of thiazole rings is 1. The maximum Gasteiger partial charge on any atom is 0.268 e. The molecular formula is C13H12N4O2S2. The van der Waals surface area contributed by atoms with Gasteiger partial charge in [0, 0.05) is 5.38 Å². The lowest BCUT2D eigenvalue weighted by atomic mass is 10.3. The van der Waals surface area contributed by atoms with Crippen molar-refractivity contribution < 1.29 is 9.32 Å². The van der Waals surface area contributed by atoms with Crippen molar-refractivity contribution in [1.82, 2.24) is 20.4 Å². The first-order chi connectivity index (χ1) is 10.2. The van der Waals surface area contributed by atoms with Crippen LogP contribution in [0.1, 0.15) is 16.5 Å². The number of aryl methyl sites for hydroxylation is 1. The highest BCUT2D eigenvalue weighted by atomic mass is 32.1. The largest absolute Gasteiger partial charge is 0.348 e. The van der Waals surface area contributed by atoms with Crippen molar-refractivity contribution >= 4 is 28.6 Å². The summed E-state index contributed by atoms with van der Waals surface area (Å²) in [5.41, 5.74) is 0.780. The minimum atomic E-state index is -0.109. The Balaban J connectivity index is 1.54. The second-order valence-corrected chi connectivity index (χ2v) is 6.31. The first-order valence-electron chi connectivity index (χ1n) is 6.25. The third kappa shape index (κ3) is 3.53. The van der Waals surface area contributed by atoms with Gasteiger partial charge in [-0.2, -0.15) is 4.98 Å². The molecule has 3 aromatic heterocycles. The molecule has 0 unspecified atom stereocenters. The van der Waals surface area contributed by atoms with E-state index in [1.807, 2.05) is 29.8 Å². The Morgan fingerprint density at radius 3 is 3.00 bits per heavy atom. The van der Waals surface area contributed by atoms with Gasteiger partial charge in [-0.3, -0.25) is 4.79 Å². The van der Waals surface area contributed by atoms with Crippen LogP contribution in [0, 0.1) is 6.92 Å². The van der Waals surface area contributed by atoms with Gasteiger partial charge in [-0.25, -0.2) is 4.98 Å². The van der Waals surface area contributed by atoms with Gasteiger partial charge in [-0.05, 0) is 18.4 Å². The number of nitrogens with one attached hydrogen (secondary N) is 1. The Bertz CT molecular complexity index is 733. The highest BCUT2D eigenvalue weighted by Crippen LogP contribution is 2.22. The van der Waals surface area contributed by atoms with Gasteiger partial charge in [0.1, 0.15) is 0 Å². The summed E-state index contributed by atoms with van der Waals surface area (Å²) in [6, 6.07) is 3.83. The second-order valence-electron chi connectivity index (χ2n) is 4.30. The smallest absolute Gasteiger partial charge is 0.268 e. The molecule has 8 heteroatoms. The molecule has 0 aromatic carbocycles. The van der Waals surface area contributed by atoms with Crippen LogP contribution in [0.15, 0.2) is 27.4 Å². The topological polar surface area (TPSA) is 80.9 Å². The monoisotopic (exact) mass is 320 g/mol. The van der Waals surface area contributed by atoms with Crippen LogP contribution in [-0.2, 0) is 17.8 Å². The van der Waals surface area contributed by atoms with Gasteiger partial charge in [-0.15, -0.1) is 22.7 Å². The predicted molar refractivity (Wildman–Crippen MR) is 80.0 cm³/mol. The standard InChI is InChI=1S/C13H12N4O2S2/c1-8-15-9(7-21-8)5-12(18)14-6-11-16-13(19-17-11)10-3-2-4-20-10/h2-4,7H,5-6H2,1H3,(H,14,18). The average Bonchev–Trinajstić information content (AvgIpc) is 3.17. The van der Waals surface area contributed by atoms with Crippen LogP contribution in [0.5, 0.6) is 0 Å². The molecule has 6 nitrogen and oxygen atoms in total. The van der Waals surface area contributed by atoms with Crippen LogP contribution < -0.4 is 5.32 Å². The summed E-state index contributed by atoms with van der Waals surface area (Å²) >= 11 is 3.06. The van der Waals surface area contributed by atoms with Crippen molar-refractivity contribution in [2.75, 3.05) is 0 Å². The van der Waals surface area contributed by atoms with Crippen molar-refractivity contribution in [2.24, 2.45) is 0 Å². The zero-order chi connectivity index (χ0) is 14.7. The van der Waals surface area contributed by atoms with Gasteiger partial charge in [0.15, 0.2) is 5.82 Å². The molecule has 108 valence electrons. The van der Waals surface area contributed by atoms with Gasteiger partial charge in [0.05, 0.1) is 28.5 Å². The highest BCUT2D eigenvalue weighted by Gasteiger charge is 2.11. The summed E-state index contributed by atoms with van der Waals surface area (Å²) in [6.07, 6.45) is 0.264. The first-order valence-corrected chi connectivity index (χ1v) is 8.01. The van der Waals surface area contributed by atoms with Gasteiger partial charge in [-0.1, -0.05) is 11.2 Å². The molecule has 21 heavy (non-hydrogen) atoms. The van der Waals surface area contributed by atoms with E-state index in [0.717, 1.165) is 15.6 Å². The van der Waals surface area contributed by atoms with Crippen LogP contribution in [-0.4, -0.2) is 21.0 Å². The zero-order valence-electron chi connectivity index (χ0n) is 11.2. The number of aromatic nitrogens is 3. The minimum absolute atomic E-state index is 0.109. The van der Waals surface area contributed by atoms with Crippen molar-refractivity contribution in [3.63, 3.8) is 0 Å². The van der Waals surface area contributed by atoms with E-state index < -0.39 is 0 Å². The fourth-order valence-corrected chi connectivity index (χ4v) is 2.98. The summed E-state index contributed by atoms with van der Waals surface area (Å²) in [5, 5.41) is 11.4. The van der Waals surface area contributed by atoms with Crippen molar-refractivity contribution in [1.29, 1.82) is 0 Å². The molecule has 0 spiro atoms. The minimum Gasteiger partial charge on any atom is -0.348 e. The maximum absolute atomic E-state index is 11.8. The fourth-order valence-electron chi connectivity index (χ4n) is 1.72. The lowest BCUT2D eigenvalue weighted by Crippen LogP contribution is -2.25. The van der Waals surface area contributed by atoms with Crippen molar-refractivity contribution in [3.8, 4) is 10.8 Å². The molecule has 0 saturated carbocycles. The Kier molecular flexibility index (Phi) is 4.07. The number of thiophene rings is 1. The number of carbonyl (C=O) groups excluding carboxylic acids is 1. The number of hydrogen-bond donors (Lipinski definition) is 1. The molecule has 3 rings (SSSR count). The summed E-state index contributed by atoms with van der Waals surface area (Å²) in [6.45, 7) is 2.16. The predicted octanol–water partition coefficient (Wildman–Crippen LogP) is 2.42. The molecule has 0 fully saturated rings. The fraction of sp³-hybridized carbons (Fsp3) is 0.231. The summed E-state index contributed by atoms with van der Waals surface area (Å²) in [7, 11) is 0. The Morgan fingerprint density at radius 1 is 1.38 bits per heavy atom. The molecule has 0 radical (unpaired) electrons. The van der Waals surface area contributed by atoms with E-state index in [1.54, 1.807) is 0 Å². The van der Waals surface area contributed by atoms with Gasteiger partial charge >= 0.3 is 0 Å². The SMILES string of the molecule is Cc1nc(CC(=O)NCc2noc(-c3cccs3)n2)cs1. The number of hydrogen-bond acceptors (Lipinski definition) is 7. The molecule has 0 saturated heterocycles. The van der Waals surface area contributed by atoms with Gasteiger partial charge in [0.2, 0.25) is 5.91 Å². The second kappa shape index (κ2) is 6.15. The Hall–Kier alpha value is -2.06. The first kappa shape index (κ1) is 13.9. The number of rotatable bonds is 5. The molecule has 1 amide bonds. The molecule has 0 aliphatic carbocycles. The van der Waals surface area contributed by atoms with E-state index in [1.165, 1.54) is 22.7 Å². The lowest BCUT2D eigenvalue weighted by molar-refractivity contribution is -0.120. The van der Waals surface area contributed by atoms with Crippen LogP contribution >= 0.6 is 22.7 Å². The molecular weight excluding hydrogens is 308 g/mol. The van der Waals surface area contributed by atoms with Crippen LogP contribution in [0.2, 0.25) is 0 Å². The number of carbonyl (C=O) groups is 1. The lowest BCUT2D eigenvalue weighted by Gasteiger charge is -1.99.